The van der Waals surface area contributed by atoms with Gasteiger partial charge in [0.25, 0.3) is 0 Å². The molecule has 0 radical (unpaired) electrons. The van der Waals surface area contributed by atoms with Gasteiger partial charge in [0.05, 0.1) is 14.6 Å². The van der Waals surface area contributed by atoms with Crippen molar-refractivity contribution in [3.8, 4) is 44.9 Å². The van der Waals surface area contributed by atoms with Crippen molar-refractivity contribution >= 4 is 44.1 Å². The third kappa shape index (κ3) is 2.62. The highest BCUT2D eigenvalue weighted by atomic mass is 32.1. The summed E-state index contributed by atoms with van der Waals surface area (Å²) in [5, 5.41) is 1.28. The second kappa shape index (κ2) is 6.21. The molecular formula is C22H14S3. The first-order valence-corrected chi connectivity index (χ1v) is 10.2. The van der Waals surface area contributed by atoms with Crippen LogP contribution in [0.15, 0.2) is 36.4 Å². The number of rotatable bonds is 2. The highest BCUT2D eigenvalue weighted by Gasteiger charge is 2.21. The normalized spacial score (nSPS) is 10.7. The van der Waals surface area contributed by atoms with E-state index in [9.17, 15) is 0 Å². The molecule has 0 N–H and O–H groups in total. The molecule has 0 amide bonds. The summed E-state index contributed by atoms with van der Waals surface area (Å²) in [6, 6.07) is 12.8. The van der Waals surface area contributed by atoms with Gasteiger partial charge in [-0.15, -0.1) is 46.9 Å². The Kier molecular flexibility index (Phi) is 4.02. The Labute approximate surface area is 159 Å². The molecule has 4 rings (SSSR count). The number of aryl methyl sites for hydroxylation is 2. The molecule has 3 heteroatoms. The minimum absolute atomic E-state index is 0.973. The summed E-state index contributed by atoms with van der Waals surface area (Å²) in [6.07, 6.45) is 11.3. The van der Waals surface area contributed by atoms with Crippen molar-refractivity contribution in [1.82, 2.24) is 0 Å². The van der Waals surface area contributed by atoms with Crippen molar-refractivity contribution in [3.63, 3.8) is 0 Å². The highest BCUT2D eigenvalue weighted by Crippen LogP contribution is 2.50. The van der Waals surface area contributed by atoms with E-state index < -0.39 is 0 Å². The monoisotopic (exact) mass is 374 g/mol. The second-order valence-electron chi connectivity index (χ2n) is 5.84. The predicted octanol–water partition coefficient (Wildman–Crippen LogP) is 6.94. The number of benzene rings is 1. The highest BCUT2D eigenvalue weighted by molar-refractivity contribution is 7.27. The fourth-order valence-electron chi connectivity index (χ4n) is 3.01. The van der Waals surface area contributed by atoms with Gasteiger partial charge in [0, 0.05) is 25.4 Å². The van der Waals surface area contributed by atoms with Gasteiger partial charge in [-0.3, -0.25) is 0 Å². The third-order valence-electron chi connectivity index (χ3n) is 4.15. The summed E-state index contributed by atoms with van der Waals surface area (Å²) < 4.78 is 1.29. The first-order valence-electron chi connectivity index (χ1n) is 7.78. The molecule has 0 atom stereocenters. The van der Waals surface area contributed by atoms with Crippen LogP contribution in [0.3, 0.4) is 0 Å². The number of thiophene rings is 3. The van der Waals surface area contributed by atoms with Crippen LogP contribution in [0.4, 0.5) is 0 Å². The summed E-state index contributed by atoms with van der Waals surface area (Å²) >= 11 is 5.22. The summed E-state index contributed by atoms with van der Waals surface area (Å²) in [6.45, 7) is 4.27. The van der Waals surface area contributed by atoms with Crippen LogP contribution in [0.2, 0.25) is 0 Å². The van der Waals surface area contributed by atoms with Crippen LogP contribution >= 0.6 is 34.0 Å². The quantitative estimate of drug-likeness (QED) is 0.333. The molecule has 4 aromatic rings. The molecule has 1 aromatic carbocycles. The van der Waals surface area contributed by atoms with Crippen LogP contribution in [0.1, 0.15) is 20.9 Å². The first-order chi connectivity index (χ1) is 12.1. The second-order valence-corrected chi connectivity index (χ2v) is 8.99. The van der Waals surface area contributed by atoms with Gasteiger partial charge in [-0.25, -0.2) is 0 Å². The van der Waals surface area contributed by atoms with Gasteiger partial charge in [-0.05, 0) is 43.2 Å². The maximum Gasteiger partial charge on any atom is 0.0775 e. The SMILES string of the molecule is C#Cc1cc(C)c(-c2sc3ccccc3c2-c2sc(C#C)cc2C)s1. The standard InChI is InChI=1S/C22H14S3/c1-5-15-11-13(3)20(23-15)19-17-9-7-8-10-18(17)25-22(19)21-14(4)12-16(6-2)24-21/h1-2,7-12H,3-4H3. The van der Waals surface area contributed by atoms with Crippen LogP contribution < -0.4 is 0 Å². The topological polar surface area (TPSA) is 0 Å². The van der Waals surface area contributed by atoms with E-state index in [0.29, 0.717) is 0 Å². The van der Waals surface area contributed by atoms with E-state index in [1.807, 2.05) is 11.3 Å². The number of terminal acetylenes is 2. The number of hydrogen-bond acceptors (Lipinski definition) is 3. The van der Waals surface area contributed by atoms with E-state index >= 15 is 0 Å². The van der Waals surface area contributed by atoms with Gasteiger partial charge in [-0.2, -0.15) is 0 Å². The molecule has 120 valence electrons. The molecule has 0 saturated carbocycles. The van der Waals surface area contributed by atoms with Gasteiger partial charge in [0.2, 0.25) is 0 Å². The largest absolute Gasteiger partial charge is 0.134 e. The Morgan fingerprint density at radius 1 is 0.760 bits per heavy atom. The lowest BCUT2D eigenvalue weighted by atomic mass is 10.0. The van der Waals surface area contributed by atoms with Crippen molar-refractivity contribution < 1.29 is 0 Å². The summed E-state index contributed by atoms with van der Waals surface area (Å²) in [7, 11) is 0. The minimum atomic E-state index is 0.973. The zero-order chi connectivity index (χ0) is 17.6. The summed E-state index contributed by atoms with van der Waals surface area (Å²) in [5.74, 6) is 5.55. The van der Waals surface area contributed by atoms with Crippen molar-refractivity contribution in [2.24, 2.45) is 0 Å². The molecule has 0 nitrogen and oxygen atoms in total. The molecule has 0 saturated heterocycles. The van der Waals surface area contributed by atoms with E-state index in [1.165, 1.54) is 41.4 Å². The lowest BCUT2D eigenvalue weighted by Crippen LogP contribution is -1.79. The number of fused-ring (bicyclic) bond motifs is 1. The Morgan fingerprint density at radius 3 is 2.00 bits per heavy atom. The average Bonchev–Trinajstić information content (AvgIpc) is 3.28. The average molecular weight is 375 g/mol. The van der Waals surface area contributed by atoms with Crippen molar-refractivity contribution in [2.45, 2.75) is 13.8 Å². The van der Waals surface area contributed by atoms with Crippen molar-refractivity contribution in [3.05, 3.63) is 57.3 Å². The van der Waals surface area contributed by atoms with Crippen LogP contribution in [-0.2, 0) is 0 Å². The van der Waals surface area contributed by atoms with E-state index in [0.717, 1.165) is 9.75 Å². The molecule has 0 unspecified atom stereocenters. The molecule has 25 heavy (non-hydrogen) atoms. The molecule has 0 fully saturated rings. The number of hydrogen-bond donors (Lipinski definition) is 0. The van der Waals surface area contributed by atoms with Gasteiger partial charge < -0.3 is 0 Å². The lowest BCUT2D eigenvalue weighted by Gasteiger charge is -2.04. The fraction of sp³-hybridized carbons (Fsp3) is 0.0909. The van der Waals surface area contributed by atoms with Crippen LogP contribution in [0.25, 0.3) is 30.3 Å². The zero-order valence-electron chi connectivity index (χ0n) is 13.8. The van der Waals surface area contributed by atoms with Crippen molar-refractivity contribution in [2.75, 3.05) is 0 Å². The van der Waals surface area contributed by atoms with Gasteiger partial charge >= 0.3 is 0 Å². The van der Waals surface area contributed by atoms with Gasteiger partial charge in [0.15, 0.2) is 0 Å². The van der Waals surface area contributed by atoms with E-state index in [1.54, 1.807) is 22.7 Å². The maximum atomic E-state index is 5.64. The van der Waals surface area contributed by atoms with E-state index in [2.05, 4.69) is 62.1 Å². The third-order valence-corrected chi connectivity index (χ3v) is 7.84. The molecule has 3 heterocycles. The lowest BCUT2D eigenvalue weighted by molar-refractivity contribution is 1.53. The Balaban J connectivity index is 2.08. The molecule has 0 aliphatic carbocycles. The Morgan fingerprint density at radius 2 is 1.36 bits per heavy atom. The maximum absolute atomic E-state index is 5.64. The smallest absolute Gasteiger partial charge is 0.0775 e. The molecule has 3 aromatic heterocycles. The molecule has 0 spiro atoms. The Bertz CT molecular complexity index is 1180. The van der Waals surface area contributed by atoms with E-state index in [4.69, 9.17) is 12.8 Å². The predicted molar refractivity (Wildman–Crippen MR) is 114 cm³/mol. The van der Waals surface area contributed by atoms with Crippen molar-refractivity contribution in [1.29, 1.82) is 0 Å². The summed E-state index contributed by atoms with van der Waals surface area (Å²) in [4.78, 5) is 5.76. The molecule has 0 aliphatic rings. The van der Waals surface area contributed by atoms with Gasteiger partial charge in [0.1, 0.15) is 0 Å². The fourth-order valence-corrected chi connectivity index (χ4v) is 6.52. The van der Waals surface area contributed by atoms with Gasteiger partial charge in [-0.1, -0.05) is 30.0 Å². The molecular weight excluding hydrogens is 360 g/mol. The van der Waals surface area contributed by atoms with Crippen LogP contribution in [-0.4, -0.2) is 0 Å². The molecule has 0 bridgehead atoms. The Hall–Kier alpha value is -2.30. The van der Waals surface area contributed by atoms with E-state index in [-0.39, 0.29) is 0 Å². The van der Waals surface area contributed by atoms with Crippen LogP contribution in [0, 0.1) is 38.5 Å². The molecule has 0 aliphatic heterocycles. The van der Waals surface area contributed by atoms with Crippen LogP contribution in [0.5, 0.6) is 0 Å². The minimum Gasteiger partial charge on any atom is -0.134 e. The zero-order valence-corrected chi connectivity index (χ0v) is 16.3. The first kappa shape index (κ1) is 16.2. The summed E-state index contributed by atoms with van der Waals surface area (Å²) in [5.41, 5.74) is 3.75.